The smallest absolute Gasteiger partial charge is 0.276 e. The van der Waals surface area contributed by atoms with Gasteiger partial charge < -0.3 is 10.1 Å². The predicted molar refractivity (Wildman–Crippen MR) is 113 cm³/mol. The molecule has 0 aliphatic carbocycles. The quantitative estimate of drug-likeness (QED) is 0.513. The molecule has 0 radical (unpaired) electrons. The molecule has 148 valence electrons. The van der Waals surface area contributed by atoms with Gasteiger partial charge in [-0.05, 0) is 67.4 Å². The molecule has 2 rings (SSSR count). The molecule has 2 aromatic rings. The van der Waals surface area contributed by atoms with Crippen molar-refractivity contribution in [2.45, 2.75) is 27.2 Å². The van der Waals surface area contributed by atoms with E-state index < -0.39 is 5.91 Å². The van der Waals surface area contributed by atoms with E-state index >= 15 is 0 Å². The summed E-state index contributed by atoms with van der Waals surface area (Å²) in [7, 11) is 0. The number of carbonyl (C=O) groups is 2. The average molecular weight is 420 g/mol. The normalized spacial score (nSPS) is 10.1. The molecule has 0 saturated heterocycles. The Morgan fingerprint density at radius 1 is 1.00 bits per heavy atom. The van der Waals surface area contributed by atoms with E-state index in [0.29, 0.717) is 10.8 Å². The first-order valence-electron chi connectivity index (χ1n) is 8.59. The molecule has 0 heterocycles. The summed E-state index contributed by atoms with van der Waals surface area (Å²) in [6, 6.07) is 11.1. The molecule has 28 heavy (non-hydrogen) atoms. The monoisotopic (exact) mass is 419 g/mol. The van der Waals surface area contributed by atoms with Crippen LogP contribution in [0.4, 0.5) is 0 Å². The summed E-state index contributed by atoms with van der Waals surface area (Å²) < 4.78 is 5.45. The first kappa shape index (κ1) is 21.7. The van der Waals surface area contributed by atoms with E-state index in [2.05, 4.69) is 16.2 Å². The van der Waals surface area contributed by atoms with Gasteiger partial charge in [-0.2, -0.15) is 0 Å². The Morgan fingerprint density at radius 2 is 1.64 bits per heavy atom. The lowest BCUT2D eigenvalue weighted by atomic mass is 10.1. The number of aryl methyl sites for hydroxylation is 3. The summed E-state index contributed by atoms with van der Waals surface area (Å²) in [5, 5.41) is 3.19. The number of hydrazine groups is 1. The Balaban J connectivity index is 1.74. The van der Waals surface area contributed by atoms with E-state index in [9.17, 15) is 9.59 Å². The summed E-state index contributed by atoms with van der Waals surface area (Å²) >= 11 is 11.1. The van der Waals surface area contributed by atoms with Crippen LogP contribution >= 0.6 is 23.8 Å². The van der Waals surface area contributed by atoms with E-state index in [1.807, 2.05) is 45.0 Å². The second-order valence-electron chi connectivity index (χ2n) is 6.31. The van der Waals surface area contributed by atoms with Crippen LogP contribution in [0.25, 0.3) is 0 Å². The minimum atomic E-state index is -0.444. The SMILES string of the molecule is Cc1ccccc1CC(=O)NC(=S)NNC(=O)COc1cc(C)c(Cl)c(C)c1. The number of hydrogen-bond acceptors (Lipinski definition) is 4. The molecule has 2 amide bonds. The molecular weight excluding hydrogens is 398 g/mol. The molecule has 0 saturated carbocycles. The molecule has 0 spiro atoms. The van der Waals surface area contributed by atoms with E-state index in [1.54, 1.807) is 12.1 Å². The highest BCUT2D eigenvalue weighted by Gasteiger charge is 2.10. The Morgan fingerprint density at radius 3 is 2.29 bits per heavy atom. The van der Waals surface area contributed by atoms with Crippen LogP contribution in [0.1, 0.15) is 22.3 Å². The van der Waals surface area contributed by atoms with E-state index in [-0.39, 0.29) is 24.0 Å². The highest BCUT2D eigenvalue weighted by atomic mass is 35.5. The van der Waals surface area contributed by atoms with Gasteiger partial charge in [0, 0.05) is 5.02 Å². The summed E-state index contributed by atoms with van der Waals surface area (Å²) in [6.45, 7) is 5.44. The second kappa shape index (κ2) is 10.1. The minimum absolute atomic E-state index is 0.00474. The van der Waals surface area contributed by atoms with Crippen molar-refractivity contribution < 1.29 is 14.3 Å². The van der Waals surface area contributed by atoms with Gasteiger partial charge in [-0.3, -0.25) is 20.4 Å². The molecule has 0 bridgehead atoms. The Hall–Kier alpha value is -2.64. The largest absolute Gasteiger partial charge is 0.484 e. The summed E-state index contributed by atoms with van der Waals surface area (Å²) in [6.07, 6.45) is 0.195. The molecule has 0 atom stereocenters. The Kier molecular flexibility index (Phi) is 7.78. The fraction of sp³-hybridized carbons (Fsp3) is 0.250. The third kappa shape index (κ3) is 6.51. The van der Waals surface area contributed by atoms with Gasteiger partial charge in [-0.1, -0.05) is 35.9 Å². The number of halogens is 1. The summed E-state index contributed by atoms with van der Waals surface area (Å²) in [4.78, 5) is 23.9. The van der Waals surface area contributed by atoms with Crippen LogP contribution in [0.3, 0.4) is 0 Å². The Labute approximate surface area is 174 Å². The lowest BCUT2D eigenvalue weighted by Gasteiger charge is -2.13. The highest BCUT2D eigenvalue weighted by Crippen LogP contribution is 2.25. The summed E-state index contributed by atoms with van der Waals surface area (Å²) in [5.74, 6) is -0.172. The topological polar surface area (TPSA) is 79.5 Å². The van der Waals surface area contributed by atoms with Gasteiger partial charge in [-0.25, -0.2) is 0 Å². The molecule has 0 aliphatic rings. The van der Waals surface area contributed by atoms with Crippen LogP contribution in [0.2, 0.25) is 5.02 Å². The standard InChI is InChI=1S/C20H22ClN3O3S/c1-12-6-4-5-7-15(12)10-17(25)22-20(28)24-23-18(26)11-27-16-8-13(2)19(21)14(3)9-16/h4-9H,10-11H2,1-3H3,(H,23,26)(H2,22,24,25,28). The summed E-state index contributed by atoms with van der Waals surface area (Å²) in [5.41, 5.74) is 8.53. The van der Waals surface area contributed by atoms with Gasteiger partial charge in [-0.15, -0.1) is 0 Å². The number of ether oxygens (including phenoxy) is 1. The molecule has 6 nitrogen and oxygen atoms in total. The zero-order valence-corrected chi connectivity index (χ0v) is 17.5. The highest BCUT2D eigenvalue weighted by molar-refractivity contribution is 7.80. The first-order chi connectivity index (χ1) is 13.3. The maximum absolute atomic E-state index is 12.0. The molecular formula is C20H22ClN3O3S. The van der Waals surface area contributed by atoms with Crippen LogP contribution in [0.5, 0.6) is 5.75 Å². The molecule has 0 aromatic heterocycles. The van der Waals surface area contributed by atoms with Crippen molar-refractivity contribution in [3.8, 4) is 5.75 Å². The van der Waals surface area contributed by atoms with Crippen LogP contribution in [-0.2, 0) is 16.0 Å². The third-order valence-electron chi connectivity index (χ3n) is 3.96. The lowest BCUT2D eigenvalue weighted by molar-refractivity contribution is -0.124. The number of amides is 2. The van der Waals surface area contributed by atoms with E-state index in [1.165, 1.54) is 0 Å². The maximum Gasteiger partial charge on any atom is 0.276 e. The number of carbonyl (C=O) groups excluding carboxylic acids is 2. The van der Waals surface area contributed by atoms with Gasteiger partial charge in [0.2, 0.25) is 5.91 Å². The van der Waals surface area contributed by atoms with Crippen molar-refractivity contribution in [2.24, 2.45) is 0 Å². The van der Waals surface area contributed by atoms with Crippen molar-refractivity contribution >= 4 is 40.7 Å². The number of rotatable bonds is 5. The molecule has 0 aliphatic heterocycles. The van der Waals surface area contributed by atoms with E-state index in [4.69, 9.17) is 28.6 Å². The lowest BCUT2D eigenvalue weighted by Crippen LogP contribution is -2.50. The zero-order chi connectivity index (χ0) is 20.7. The maximum atomic E-state index is 12.0. The first-order valence-corrected chi connectivity index (χ1v) is 9.37. The number of nitrogens with one attached hydrogen (secondary N) is 3. The fourth-order valence-corrected chi connectivity index (χ4v) is 2.76. The fourth-order valence-electron chi connectivity index (χ4n) is 2.48. The number of hydrogen-bond donors (Lipinski definition) is 3. The van der Waals surface area contributed by atoms with Crippen molar-refractivity contribution in [3.05, 3.63) is 63.7 Å². The predicted octanol–water partition coefficient (Wildman–Crippen LogP) is 2.91. The number of benzene rings is 2. The van der Waals surface area contributed by atoms with Crippen LogP contribution in [0, 0.1) is 20.8 Å². The Bertz CT molecular complexity index is 879. The van der Waals surface area contributed by atoms with Crippen molar-refractivity contribution in [3.63, 3.8) is 0 Å². The minimum Gasteiger partial charge on any atom is -0.484 e. The second-order valence-corrected chi connectivity index (χ2v) is 7.10. The van der Waals surface area contributed by atoms with Gasteiger partial charge >= 0.3 is 0 Å². The van der Waals surface area contributed by atoms with Crippen molar-refractivity contribution in [1.82, 2.24) is 16.2 Å². The van der Waals surface area contributed by atoms with Gasteiger partial charge in [0.15, 0.2) is 11.7 Å². The van der Waals surface area contributed by atoms with Gasteiger partial charge in [0.1, 0.15) is 5.75 Å². The van der Waals surface area contributed by atoms with Crippen molar-refractivity contribution in [2.75, 3.05) is 6.61 Å². The van der Waals surface area contributed by atoms with E-state index in [0.717, 1.165) is 22.3 Å². The van der Waals surface area contributed by atoms with Crippen LogP contribution < -0.4 is 20.9 Å². The molecule has 0 fully saturated rings. The molecule has 0 unspecified atom stereocenters. The van der Waals surface area contributed by atoms with Gasteiger partial charge in [0.25, 0.3) is 5.91 Å². The van der Waals surface area contributed by atoms with Crippen LogP contribution in [0.15, 0.2) is 36.4 Å². The third-order valence-corrected chi connectivity index (χ3v) is 4.76. The zero-order valence-electron chi connectivity index (χ0n) is 15.9. The van der Waals surface area contributed by atoms with Crippen LogP contribution in [-0.4, -0.2) is 23.5 Å². The average Bonchev–Trinajstić information content (AvgIpc) is 2.64. The van der Waals surface area contributed by atoms with Gasteiger partial charge in [0.05, 0.1) is 6.42 Å². The number of thiocarbonyl (C=S) groups is 1. The molecule has 2 aromatic carbocycles. The van der Waals surface area contributed by atoms with Crippen molar-refractivity contribution in [1.29, 1.82) is 0 Å². The molecule has 8 heteroatoms. The molecule has 3 N–H and O–H groups in total.